The third-order valence-electron chi connectivity index (χ3n) is 6.20. The summed E-state index contributed by atoms with van der Waals surface area (Å²) < 4.78 is 0. The van der Waals surface area contributed by atoms with Gasteiger partial charge >= 0.3 is 0 Å². The van der Waals surface area contributed by atoms with E-state index < -0.39 is 0 Å². The molecule has 1 atom stereocenters. The molecule has 5 rings (SSSR count). The van der Waals surface area contributed by atoms with Crippen LogP contribution in [-0.2, 0) is 0 Å². The summed E-state index contributed by atoms with van der Waals surface area (Å²) >= 11 is 3.18. The maximum absolute atomic E-state index is 13.0. The smallest absolute Gasteiger partial charge is 0.260 e. The van der Waals surface area contributed by atoms with Crippen LogP contribution in [0.5, 0.6) is 0 Å². The van der Waals surface area contributed by atoms with Crippen molar-refractivity contribution in [1.29, 1.82) is 0 Å². The Hall–Kier alpha value is -2.62. The molecule has 4 aromatic rings. The molecule has 33 heavy (non-hydrogen) atoms. The van der Waals surface area contributed by atoms with Gasteiger partial charge in [-0.05, 0) is 25.3 Å². The van der Waals surface area contributed by atoms with E-state index in [0.29, 0.717) is 11.3 Å². The molecule has 0 unspecified atom stereocenters. The summed E-state index contributed by atoms with van der Waals surface area (Å²) in [4.78, 5) is 36.9. The second kappa shape index (κ2) is 8.96. The van der Waals surface area contributed by atoms with Crippen LogP contribution in [0.25, 0.3) is 20.7 Å². The molecule has 1 aliphatic heterocycles. The van der Waals surface area contributed by atoms with Gasteiger partial charge in [-0.2, -0.15) is 0 Å². The first-order valence-corrected chi connectivity index (χ1v) is 13.1. The first-order valence-electron chi connectivity index (χ1n) is 11.3. The summed E-state index contributed by atoms with van der Waals surface area (Å²) in [6.45, 7) is 11.9. The Labute approximate surface area is 201 Å². The van der Waals surface area contributed by atoms with Crippen LogP contribution in [-0.4, -0.2) is 51.0 Å². The molecular weight excluding hydrogens is 452 g/mol. The van der Waals surface area contributed by atoms with E-state index in [0.717, 1.165) is 64.6 Å². The SMILES string of the molecule is Cc1cc(N2CCN([C@H](C)c3nc4scc(-c5cccs5)c4c(=O)[nH]3)CC2)nc(C(C)C)n1. The highest BCUT2D eigenvalue weighted by molar-refractivity contribution is 7.18. The van der Waals surface area contributed by atoms with E-state index in [1.54, 1.807) is 22.7 Å². The van der Waals surface area contributed by atoms with Crippen LogP contribution in [0.15, 0.2) is 33.8 Å². The van der Waals surface area contributed by atoms with Crippen LogP contribution in [0.2, 0.25) is 0 Å². The molecule has 5 heterocycles. The third kappa shape index (κ3) is 4.32. The highest BCUT2D eigenvalue weighted by Crippen LogP contribution is 2.34. The van der Waals surface area contributed by atoms with Crippen molar-refractivity contribution in [2.24, 2.45) is 0 Å². The molecule has 0 spiro atoms. The number of nitrogens with one attached hydrogen (secondary N) is 1. The lowest BCUT2D eigenvalue weighted by Crippen LogP contribution is -2.48. The van der Waals surface area contributed by atoms with E-state index in [-0.39, 0.29) is 11.6 Å². The quantitative estimate of drug-likeness (QED) is 0.441. The molecule has 0 radical (unpaired) electrons. The van der Waals surface area contributed by atoms with E-state index in [2.05, 4.69) is 46.6 Å². The molecule has 1 N–H and O–H groups in total. The van der Waals surface area contributed by atoms with Gasteiger partial charge in [-0.1, -0.05) is 19.9 Å². The number of H-pyrrole nitrogens is 1. The van der Waals surface area contributed by atoms with Crippen molar-refractivity contribution in [3.63, 3.8) is 0 Å². The summed E-state index contributed by atoms with van der Waals surface area (Å²) in [5.74, 6) is 2.95. The summed E-state index contributed by atoms with van der Waals surface area (Å²) in [7, 11) is 0. The minimum Gasteiger partial charge on any atom is -0.354 e. The van der Waals surface area contributed by atoms with Crippen molar-refractivity contribution in [3.8, 4) is 10.4 Å². The zero-order valence-corrected chi connectivity index (χ0v) is 21.0. The van der Waals surface area contributed by atoms with Gasteiger partial charge in [0.2, 0.25) is 0 Å². The van der Waals surface area contributed by atoms with Gasteiger partial charge in [-0.15, -0.1) is 22.7 Å². The summed E-state index contributed by atoms with van der Waals surface area (Å²) in [5, 5.41) is 4.77. The predicted molar refractivity (Wildman–Crippen MR) is 137 cm³/mol. The Morgan fingerprint density at radius 1 is 1.06 bits per heavy atom. The minimum absolute atomic E-state index is 0.0369. The fraction of sp³-hybridized carbons (Fsp3) is 0.417. The van der Waals surface area contributed by atoms with Crippen LogP contribution in [0.3, 0.4) is 0 Å². The van der Waals surface area contributed by atoms with Gasteiger partial charge in [-0.3, -0.25) is 9.69 Å². The number of thiophene rings is 2. The summed E-state index contributed by atoms with van der Waals surface area (Å²) in [5.41, 5.74) is 1.93. The molecule has 1 saturated heterocycles. The van der Waals surface area contributed by atoms with Crippen LogP contribution >= 0.6 is 22.7 Å². The second-order valence-corrected chi connectivity index (χ2v) is 10.6. The molecule has 1 aliphatic rings. The van der Waals surface area contributed by atoms with Crippen molar-refractivity contribution in [2.45, 2.75) is 39.7 Å². The normalized spacial score (nSPS) is 16.1. The number of nitrogens with zero attached hydrogens (tertiary/aromatic N) is 5. The molecule has 9 heteroatoms. The highest BCUT2D eigenvalue weighted by Gasteiger charge is 2.26. The number of rotatable bonds is 5. The Balaban J connectivity index is 1.33. The Morgan fingerprint density at radius 3 is 2.55 bits per heavy atom. The van der Waals surface area contributed by atoms with Crippen LogP contribution < -0.4 is 10.5 Å². The van der Waals surface area contributed by atoms with Crippen molar-refractivity contribution >= 4 is 38.7 Å². The molecule has 0 amide bonds. The van der Waals surface area contributed by atoms with Crippen molar-refractivity contribution in [2.75, 3.05) is 31.1 Å². The lowest BCUT2D eigenvalue weighted by molar-refractivity contribution is 0.191. The molecule has 7 nitrogen and oxygen atoms in total. The van der Waals surface area contributed by atoms with E-state index in [4.69, 9.17) is 9.97 Å². The number of aromatic nitrogens is 4. The number of hydrogen-bond acceptors (Lipinski definition) is 8. The topological polar surface area (TPSA) is 78.0 Å². The zero-order chi connectivity index (χ0) is 23.1. The van der Waals surface area contributed by atoms with Gasteiger partial charge in [0.15, 0.2) is 0 Å². The summed E-state index contributed by atoms with van der Waals surface area (Å²) in [6.07, 6.45) is 0. The second-order valence-electron chi connectivity index (χ2n) is 8.84. The maximum Gasteiger partial charge on any atom is 0.260 e. The monoisotopic (exact) mass is 480 g/mol. The van der Waals surface area contributed by atoms with Gasteiger partial charge in [0.1, 0.15) is 22.3 Å². The Bertz CT molecular complexity index is 1320. The van der Waals surface area contributed by atoms with Gasteiger partial charge in [0.05, 0.1) is 11.4 Å². The number of aromatic amines is 1. The van der Waals surface area contributed by atoms with Crippen LogP contribution in [0.1, 0.15) is 50.1 Å². The van der Waals surface area contributed by atoms with E-state index >= 15 is 0 Å². The standard InChI is InChI=1S/C24H28N6OS2/c1-14(2)21-25-15(3)12-19(26-21)30-9-7-29(8-10-30)16(4)22-27-23(31)20-17(13-33-24(20)28-22)18-6-5-11-32-18/h5-6,11-14,16H,7-10H2,1-4H3,(H,27,28,31)/t16-/m1/s1. The number of piperazine rings is 1. The van der Waals surface area contributed by atoms with Gasteiger partial charge in [0.25, 0.3) is 5.56 Å². The largest absolute Gasteiger partial charge is 0.354 e. The van der Waals surface area contributed by atoms with Gasteiger partial charge in [0, 0.05) is 59.7 Å². The van der Waals surface area contributed by atoms with E-state index in [9.17, 15) is 4.79 Å². The fourth-order valence-corrected chi connectivity index (χ4v) is 6.05. The van der Waals surface area contributed by atoms with Gasteiger partial charge in [-0.25, -0.2) is 15.0 Å². The molecule has 0 saturated carbocycles. The van der Waals surface area contributed by atoms with E-state index in [1.807, 2.05) is 29.8 Å². The Kier molecular flexibility index (Phi) is 6.03. The third-order valence-corrected chi connectivity index (χ3v) is 7.98. The Morgan fingerprint density at radius 2 is 1.85 bits per heavy atom. The van der Waals surface area contributed by atoms with Gasteiger partial charge < -0.3 is 9.88 Å². The molecule has 0 aliphatic carbocycles. The number of hydrogen-bond donors (Lipinski definition) is 1. The fourth-order valence-electron chi connectivity index (χ4n) is 4.28. The van der Waals surface area contributed by atoms with Crippen molar-refractivity contribution in [3.05, 3.63) is 56.7 Å². The lowest BCUT2D eigenvalue weighted by atomic mass is 10.2. The molecule has 172 valence electrons. The molecule has 1 fully saturated rings. The first-order chi connectivity index (χ1) is 15.9. The molecule has 0 bridgehead atoms. The predicted octanol–water partition coefficient (Wildman–Crippen LogP) is 4.82. The number of aryl methyl sites for hydroxylation is 1. The minimum atomic E-state index is -0.0530. The highest BCUT2D eigenvalue weighted by atomic mass is 32.1. The molecular formula is C24H28N6OS2. The number of fused-ring (bicyclic) bond motifs is 1. The first kappa shape index (κ1) is 22.2. The lowest BCUT2D eigenvalue weighted by Gasteiger charge is -2.38. The van der Waals surface area contributed by atoms with E-state index in [1.165, 1.54) is 0 Å². The average Bonchev–Trinajstić information content (AvgIpc) is 3.48. The summed E-state index contributed by atoms with van der Waals surface area (Å²) in [6, 6.07) is 6.16. The van der Waals surface area contributed by atoms with Crippen molar-refractivity contribution in [1.82, 2.24) is 24.8 Å². The van der Waals surface area contributed by atoms with Crippen molar-refractivity contribution < 1.29 is 0 Å². The maximum atomic E-state index is 13.0. The van der Waals surface area contributed by atoms with Crippen LogP contribution in [0, 0.1) is 6.92 Å². The molecule has 4 aromatic heterocycles. The molecule has 0 aromatic carbocycles. The number of anilines is 1. The average molecular weight is 481 g/mol. The van der Waals surface area contributed by atoms with Crippen LogP contribution in [0.4, 0.5) is 5.82 Å². The zero-order valence-electron chi connectivity index (χ0n) is 19.3.